The second kappa shape index (κ2) is 15.9. The molecule has 0 atom stereocenters. The molecule has 1 saturated heterocycles. The van der Waals surface area contributed by atoms with Crippen LogP contribution in [0.1, 0.15) is 52.4 Å². The predicted molar refractivity (Wildman–Crippen MR) is 121 cm³/mol. The third-order valence-corrected chi connectivity index (χ3v) is 5.70. The molecule has 0 amide bonds. The average molecular weight is 503 g/mol. The van der Waals surface area contributed by atoms with Gasteiger partial charge in [0.1, 0.15) is 0 Å². The molecule has 26 heavy (non-hydrogen) atoms. The number of nitrogens with zero attached hydrogens (tertiary/aromatic N) is 2. The first kappa shape index (κ1) is 25.9. The van der Waals surface area contributed by atoms with E-state index in [1.165, 1.54) is 38.8 Å². The molecule has 0 bridgehead atoms. The van der Waals surface area contributed by atoms with Crippen molar-refractivity contribution in [3.63, 3.8) is 0 Å². The number of hydrogen-bond acceptors (Lipinski definition) is 4. The van der Waals surface area contributed by atoms with Crippen LogP contribution in [-0.2, 0) is 10.0 Å². The van der Waals surface area contributed by atoms with Gasteiger partial charge in [-0.3, -0.25) is 4.99 Å². The maximum atomic E-state index is 11.4. The van der Waals surface area contributed by atoms with E-state index in [1.54, 1.807) is 6.92 Å². The zero-order valence-electron chi connectivity index (χ0n) is 16.4. The SMILES string of the molecule is CCNC(=NCCCN1CCCCCC1)NCCCNS(=O)(=O)CC.I. The van der Waals surface area contributed by atoms with E-state index < -0.39 is 10.0 Å². The molecular weight excluding hydrogens is 465 g/mol. The average Bonchev–Trinajstić information content (AvgIpc) is 2.87. The van der Waals surface area contributed by atoms with Crippen LogP contribution in [-0.4, -0.2) is 70.8 Å². The molecule has 0 aromatic carbocycles. The third kappa shape index (κ3) is 13.1. The van der Waals surface area contributed by atoms with E-state index in [0.717, 1.165) is 38.4 Å². The number of likely N-dealkylation sites (tertiary alicyclic amines) is 1. The Hall–Kier alpha value is -0.130. The van der Waals surface area contributed by atoms with Crippen molar-refractivity contribution >= 4 is 40.0 Å². The second-order valence-electron chi connectivity index (χ2n) is 6.45. The largest absolute Gasteiger partial charge is 0.357 e. The molecule has 7 nitrogen and oxygen atoms in total. The molecule has 1 rings (SSSR count). The fourth-order valence-corrected chi connectivity index (χ4v) is 3.47. The van der Waals surface area contributed by atoms with Crippen LogP contribution in [0.2, 0.25) is 0 Å². The van der Waals surface area contributed by atoms with Crippen LogP contribution in [0.5, 0.6) is 0 Å². The van der Waals surface area contributed by atoms with Crippen LogP contribution >= 0.6 is 24.0 Å². The first-order valence-corrected chi connectivity index (χ1v) is 11.4. The van der Waals surface area contributed by atoms with E-state index in [1.807, 2.05) is 6.92 Å². The van der Waals surface area contributed by atoms with Gasteiger partial charge in [0.25, 0.3) is 0 Å². The van der Waals surface area contributed by atoms with E-state index >= 15 is 0 Å². The van der Waals surface area contributed by atoms with Crippen molar-refractivity contribution in [2.45, 2.75) is 52.4 Å². The number of nitrogens with one attached hydrogen (secondary N) is 3. The van der Waals surface area contributed by atoms with Gasteiger partial charge >= 0.3 is 0 Å². The summed E-state index contributed by atoms with van der Waals surface area (Å²) in [6, 6.07) is 0. The number of aliphatic imine (C=N–C) groups is 1. The standard InChI is InChI=1S/C17H37N5O2S.HI/c1-3-18-17(19-11-9-13-21-25(23,24)4-2)20-12-10-16-22-14-7-5-6-8-15-22;/h21H,3-16H2,1-2H3,(H2,18,19,20);1H. The van der Waals surface area contributed by atoms with E-state index in [2.05, 4.69) is 25.2 Å². The van der Waals surface area contributed by atoms with Gasteiger partial charge in [-0.1, -0.05) is 12.8 Å². The van der Waals surface area contributed by atoms with Crippen LogP contribution in [0.15, 0.2) is 4.99 Å². The Labute approximate surface area is 177 Å². The van der Waals surface area contributed by atoms with Gasteiger partial charge in [0.15, 0.2) is 5.96 Å². The molecule has 156 valence electrons. The van der Waals surface area contributed by atoms with Crippen molar-refractivity contribution in [2.75, 3.05) is 51.6 Å². The summed E-state index contributed by atoms with van der Waals surface area (Å²) in [6.07, 6.45) is 7.21. The summed E-state index contributed by atoms with van der Waals surface area (Å²) in [7, 11) is -3.09. The third-order valence-electron chi connectivity index (χ3n) is 4.29. The second-order valence-corrected chi connectivity index (χ2v) is 8.54. The molecule has 1 aliphatic heterocycles. The van der Waals surface area contributed by atoms with Crippen LogP contribution in [0.3, 0.4) is 0 Å². The lowest BCUT2D eigenvalue weighted by molar-refractivity contribution is 0.283. The minimum absolute atomic E-state index is 0. The van der Waals surface area contributed by atoms with Crippen LogP contribution in [0.4, 0.5) is 0 Å². The molecule has 1 fully saturated rings. The van der Waals surface area contributed by atoms with Gasteiger partial charge in [-0.2, -0.15) is 0 Å². The fraction of sp³-hybridized carbons (Fsp3) is 0.941. The molecule has 0 spiro atoms. The molecular formula is C17H38IN5O2S. The van der Waals surface area contributed by atoms with E-state index in [-0.39, 0.29) is 29.7 Å². The molecule has 3 N–H and O–H groups in total. The zero-order valence-corrected chi connectivity index (χ0v) is 19.6. The molecule has 0 unspecified atom stereocenters. The topological polar surface area (TPSA) is 85.8 Å². The number of sulfonamides is 1. The Morgan fingerprint density at radius 2 is 1.69 bits per heavy atom. The summed E-state index contributed by atoms with van der Waals surface area (Å²) in [6.45, 7) is 10.1. The Morgan fingerprint density at radius 1 is 1.00 bits per heavy atom. The van der Waals surface area contributed by atoms with Crippen molar-refractivity contribution in [3.8, 4) is 0 Å². The number of guanidine groups is 1. The Morgan fingerprint density at radius 3 is 2.31 bits per heavy atom. The molecule has 0 radical (unpaired) electrons. The van der Waals surface area contributed by atoms with Crippen LogP contribution in [0.25, 0.3) is 0 Å². The fourth-order valence-electron chi connectivity index (χ4n) is 2.81. The number of halogens is 1. The lowest BCUT2D eigenvalue weighted by atomic mass is 10.2. The van der Waals surface area contributed by atoms with E-state index in [4.69, 9.17) is 0 Å². The van der Waals surface area contributed by atoms with Gasteiger partial charge in [0.2, 0.25) is 10.0 Å². The first-order chi connectivity index (χ1) is 12.1. The Balaban J connectivity index is 0.00000625. The molecule has 1 heterocycles. The summed E-state index contributed by atoms with van der Waals surface area (Å²) < 4.78 is 25.3. The Bertz CT molecular complexity index is 466. The maximum Gasteiger partial charge on any atom is 0.211 e. The van der Waals surface area contributed by atoms with Crippen molar-refractivity contribution in [2.24, 2.45) is 4.99 Å². The van der Waals surface area contributed by atoms with Gasteiger partial charge < -0.3 is 15.5 Å². The minimum atomic E-state index is -3.09. The minimum Gasteiger partial charge on any atom is -0.357 e. The van der Waals surface area contributed by atoms with Gasteiger partial charge in [-0.05, 0) is 59.2 Å². The van der Waals surface area contributed by atoms with Crippen molar-refractivity contribution in [1.82, 2.24) is 20.3 Å². The molecule has 0 aliphatic carbocycles. The quantitative estimate of drug-likeness (QED) is 0.173. The van der Waals surface area contributed by atoms with Gasteiger partial charge in [0.05, 0.1) is 5.75 Å². The van der Waals surface area contributed by atoms with Gasteiger partial charge in [0, 0.05) is 26.2 Å². The van der Waals surface area contributed by atoms with Gasteiger partial charge in [-0.25, -0.2) is 13.1 Å². The van der Waals surface area contributed by atoms with Crippen molar-refractivity contribution in [3.05, 3.63) is 0 Å². The van der Waals surface area contributed by atoms with Crippen molar-refractivity contribution < 1.29 is 8.42 Å². The van der Waals surface area contributed by atoms with E-state index in [0.29, 0.717) is 13.1 Å². The zero-order chi connectivity index (χ0) is 18.4. The predicted octanol–water partition coefficient (Wildman–Crippen LogP) is 1.76. The van der Waals surface area contributed by atoms with Gasteiger partial charge in [-0.15, -0.1) is 24.0 Å². The van der Waals surface area contributed by atoms with E-state index in [9.17, 15) is 8.42 Å². The molecule has 0 aromatic heterocycles. The maximum absolute atomic E-state index is 11.4. The lowest BCUT2D eigenvalue weighted by Crippen LogP contribution is -2.39. The lowest BCUT2D eigenvalue weighted by Gasteiger charge is -2.19. The number of hydrogen-bond donors (Lipinski definition) is 3. The van der Waals surface area contributed by atoms with Crippen LogP contribution < -0.4 is 15.4 Å². The monoisotopic (exact) mass is 503 g/mol. The number of rotatable bonds is 11. The highest BCUT2D eigenvalue weighted by atomic mass is 127. The summed E-state index contributed by atoms with van der Waals surface area (Å²) in [5.41, 5.74) is 0. The summed E-state index contributed by atoms with van der Waals surface area (Å²) in [5.74, 6) is 0.943. The van der Waals surface area contributed by atoms with Crippen LogP contribution in [0, 0.1) is 0 Å². The Kier molecular flexibility index (Phi) is 15.8. The summed E-state index contributed by atoms with van der Waals surface area (Å²) in [5, 5.41) is 6.50. The smallest absolute Gasteiger partial charge is 0.211 e. The molecule has 1 aliphatic rings. The van der Waals surface area contributed by atoms with Crippen molar-refractivity contribution in [1.29, 1.82) is 0 Å². The highest BCUT2D eigenvalue weighted by Crippen LogP contribution is 2.09. The molecule has 0 aromatic rings. The highest BCUT2D eigenvalue weighted by molar-refractivity contribution is 14.0. The normalized spacial score (nSPS) is 16.6. The highest BCUT2D eigenvalue weighted by Gasteiger charge is 2.08. The summed E-state index contributed by atoms with van der Waals surface area (Å²) >= 11 is 0. The molecule has 9 heteroatoms. The summed E-state index contributed by atoms with van der Waals surface area (Å²) in [4.78, 5) is 7.17. The first-order valence-electron chi connectivity index (χ1n) is 9.79. The molecule has 0 saturated carbocycles.